The van der Waals surface area contributed by atoms with Gasteiger partial charge in [0.2, 0.25) is 0 Å². The number of aryl methyl sites for hydroxylation is 1. The lowest BCUT2D eigenvalue weighted by atomic mass is 10.1. The van der Waals surface area contributed by atoms with E-state index in [1.165, 1.54) is 0 Å². The fourth-order valence-corrected chi connectivity index (χ4v) is 3.84. The number of pyridine rings is 1. The molecular weight excluding hydrogens is 348 g/mol. The van der Waals surface area contributed by atoms with E-state index in [0.717, 1.165) is 33.7 Å². The van der Waals surface area contributed by atoms with Gasteiger partial charge in [0.05, 0.1) is 34.0 Å². The first kappa shape index (κ1) is 18.4. The van der Waals surface area contributed by atoms with E-state index in [1.54, 1.807) is 13.3 Å². The molecular formula is C19H24N4O2S. The summed E-state index contributed by atoms with van der Waals surface area (Å²) in [6.07, 6.45) is 1.74. The number of methoxy groups -OCH3 is 1. The summed E-state index contributed by atoms with van der Waals surface area (Å²) in [5.74, 6) is 1.35. The van der Waals surface area contributed by atoms with Crippen molar-refractivity contribution < 1.29 is 8.95 Å². The van der Waals surface area contributed by atoms with Crippen molar-refractivity contribution in [2.75, 3.05) is 12.4 Å². The quantitative estimate of drug-likeness (QED) is 0.716. The maximum absolute atomic E-state index is 13.0. The second-order valence-corrected chi connectivity index (χ2v) is 9.41. The molecule has 0 spiro atoms. The molecule has 6 nitrogen and oxygen atoms in total. The number of benzene rings is 1. The minimum absolute atomic E-state index is 0.396. The fraction of sp³-hybridized carbons (Fsp3) is 0.368. The van der Waals surface area contributed by atoms with Crippen molar-refractivity contribution >= 4 is 33.2 Å². The number of hydrogen-bond acceptors (Lipinski definition) is 5. The van der Waals surface area contributed by atoms with E-state index in [4.69, 9.17) is 4.74 Å². The summed E-state index contributed by atoms with van der Waals surface area (Å²) < 4.78 is 18.1. The van der Waals surface area contributed by atoms with Crippen LogP contribution in [0.3, 0.4) is 0 Å². The average Bonchev–Trinajstić information content (AvgIpc) is 2.91. The minimum Gasteiger partial charge on any atom is -0.495 e. The number of hydrogen-bond donors (Lipinski definition) is 2. The monoisotopic (exact) mass is 372 g/mol. The lowest BCUT2D eigenvalue weighted by molar-refractivity contribution is 0.404. The Morgan fingerprint density at radius 3 is 2.54 bits per heavy atom. The van der Waals surface area contributed by atoms with Gasteiger partial charge in [0.25, 0.3) is 0 Å². The van der Waals surface area contributed by atoms with Crippen LogP contribution in [-0.2, 0) is 10.8 Å². The molecule has 0 saturated heterocycles. The molecule has 0 radical (unpaired) electrons. The van der Waals surface area contributed by atoms with Gasteiger partial charge in [-0.25, -0.2) is 0 Å². The molecule has 3 rings (SSSR count). The molecule has 7 heteroatoms. The molecule has 138 valence electrons. The van der Waals surface area contributed by atoms with Gasteiger partial charge in [-0.3, -0.25) is 14.3 Å². The first-order valence-electron chi connectivity index (χ1n) is 8.39. The standard InChI is InChI=1S/C19H24N4O2S/c1-11-12(2)22-23-18(11)21-14-7-8-20-15-10-16(25-6)17(9-13(14)15)26(24)19(3,4)5/h7-10H,1-6H3,(H2,20,21,22,23). The highest BCUT2D eigenvalue weighted by Crippen LogP contribution is 2.35. The number of fused-ring (bicyclic) bond motifs is 1. The smallest absolute Gasteiger partial charge is 0.155 e. The lowest BCUT2D eigenvalue weighted by Gasteiger charge is -2.20. The average molecular weight is 372 g/mol. The third-order valence-electron chi connectivity index (χ3n) is 4.29. The van der Waals surface area contributed by atoms with Gasteiger partial charge in [0.15, 0.2) is 5.82 Å². The Hall–Kier alpha value is -2.41. The van der Waals surface area contributed by atoms with E-state index in [0.29, 0.717) is 10.6 Å². The highest BCUT2D eigenvalue weighted by atomic mass is 32.2. The van der Waals surface area contributed by atoms with Crippen molar-refractivity contribution in [1.29, 1.82) is 0 Å². The molecule has 2 aromatic heterocycles. The molecule has 1 atom stereocenters. The highest BCUT2D eigenvalue weighted by Gasteiger charge is 2.25. The van der Waals surface area contributed by atoms with Crippen LogP contribution in [0.25, 0.3) is 10.9 Å². The van der Waals surface area contributed by atoms with Gasteiger partial charge in [-0.1, -0.05) is 0 Å². The molecule has 2 heterocycles. The molecule has 0 amide bonds. The molecule has 26 heavy (non-hydrogen) atoms. The Labute approximate surface area is 155 Å². The zero-order chi connectivity index (χ0) is 19.1. The van der Waals surface area contributed by atoms with Gasteiger partial charge in [0.1, 0.15) is 5.75 Å². The number of H-pyrrole nitrogens is 1. The van der Waals surface area contributed by atoms with Crippen molar-refractivity contribution in [2.24, 2.45) is 0 Å². The van der Waals surface area contributed by atoms with Crippen LogP contribution in [0.1, 0.15) is 32.0 Å². The fourth-order valence-electron chi connectivity index (χ4n) is 2.63. The third kappa shape index (κ3) is 3.31. The third-order valence-corrected chi connectivity index (χ3v) is 6.12. The van der Waals surface area contributed by atoms with Gasteiger partial charge < -0.3 is 10.1 Å². The Balaban J connectivity index is 2.16. The van der Waals surface area contributed by atoms with Crippen molar-refractivity contribution in [2.45, 2.75) is 44.3 Å². The number of rotatable bonds is 4. The van der Waals surface area contributed by atoms with Crippen LogP contribution in [0.2, 0.25) is 0 Å². The van der Waals surface area contributed by atoms with Crippen LogP contribution >= 0.6 is 0 Å². The predicted octanol–water partition coefficient (Wildman–Crippen LogP) is 4.23. The summed E-state index contributed by atoms with van der Waals surface area (Å²) in [6, 6.07) is 5.63. The van der Waals surface area contributed by atoms with Crippen molar-refractivity contribution in [3.8, 4) is 5.75 Å². The SMILES string of the molecule is COc1cc2nccc(Nc3n[nH]c(C)c3C)c2cc1S(=O)C(C)(C)C. The summed E-state index contributed by atoms with van der Waals surface area (Å²) >= 11 is 0. The van der Waals surface area contributed by atoms with Crippen molar-refractivity contribution in [3.63, 3.8) is 0 Å². The Morgan fingerprint density at radius 1 is 1.23 bits per heavy atom. The number of aromatic nitrogens is 3. The van der Waals surface area contributed by atoms with E-state index in [-0.39, 0.29) is 0 Å². The number of nitrogens with zero attached hydrogens (tertiary/aromatic N) is 2. The van der Waals surface area contributed by atoms with E-state index in [1.807, 2.05) is 52.8 Å². The second kappa shape index (κ2) is 6.72. The first-order chi connectivity index (χ1) is 12.2. The van der Waals surface area contributed by atoms with Gasteiger partial charge in [-0.15, -0.1) is 0 Å². The maximum atomic E-state index is 13.0. The van der Waals surface area contributed by atoms with Gasteiger partial charge in [-0.05, 0) is 46.8 Å². The summed E-state index contributed by atoms with van der Waals surface area (Å²) in [5, 5.41) is 11.5. The van der Waals surface area contributed by atoms with Crippen LogP contribution < -0.4 is 10.1 Å². The van der Waals surface area contributed by atoms with Gasteiger partial charge >= 0.3 is 0 Å². The van der Waals surface area contributed by atoms with Gasteiger partial charge in [-0.2, -0.15) is 5.10 Å². The maximum Gasteiger partial charge on any atom is 0.155 e. The van der Waals surface area contributed by atoms with Gasteiger partial charge in [0, 0.05) is 33.7 Å². The van der Waals surface area contributed by atoms with Crippen LogP contribution in [0.15, 0.2) is 29.3 Å². The van der Waals surface area contributed by atoms with Crippen LogP contribution in [0.5, 0.6) is 5.75 Å². The molecule has 1 aromatic carbocycles. The largest absolute Gasteiger partial charge is 0.495 e. The Bertz CT molecular complexity index is 989. The number of aromatic amines is 1. The number of anilines is 2. The van der Waals surface area contributed by atoms with E-state index in [9.17, 15) is 4.21 Å². The van der Waals surface area contributed by atoms with E-state index >= 15 is 0 Å². The summed E-state index contributed by atoms with van der Waals surface area (Å²) in [6.45, 7) is 9.84. The molecule has 0 aliphatic rings. The predicted molar refractivity (Wildman–Crippen MR) is 106 cm³/mol. The topological polar surface area (TPSA) is 79.9 Å². The first-order valence-corrected chi connectivity index (χ1v) is 9.54. The van der Waals surface area contributed by atoms with Crippen molar-refractivity contribution in [3.05, 3.63) is 35.7 Å². The van der Waals surface area contributed by atoms with Crippen LogP contribution in [-0.4, -0.2) is 31.2 Å². The molecule has 3 aromatic rings. The van der Waals surface area contributed by atoms with Crippen LogP contribution in [0, 0.1) is 13.8 Å². The molecule has 0 aliphatic heterocycles. The molecule has 2 N–H and O–H groups in total. The van der Waals surface area contributed by atoms with E-state index < -0.39 is 15.5 Å². The minimum atomic E-state index is -1.23. The molecule has 0 saturated carbocycles. The summed E-state index contributed by atoms with van der Waals surface area (Å²) in [4.78, 5) is 5.10. The van der Waals surface area contributed by atoms with Crippen LogP contribution in [0.4, 0.5) is 11.5 Å². The normalized spacial score (nSPS) is 13.0. The molecule has 1 unspecified atom stereocenters. The Kier molecular flexibility index (Phi) is 4.75. The number of nitrogens with one attached hydrogen (secondary N) is 2. The molecule has 0 bridgehead atoms. The van der Waals surface area contributed by atoms with E-state index in [2.05, 4.69) is 20.5 Å². The number of ether oxygens (including phenoxy) is 1. The lowest BCUT2D eigenvalue weighted by Crippen LogP contribution is -2.22. The Morgan fingerprint density at radius 2 is 1.96 bits per heavy atom. The van der Waals surface area contributed by atoms with Crippen molar-refractivity contribution in [1.82, 2.24) is 15.2 Å². The molecule has 0 aliphatic carbocycles. The zero-order valence-corrected chi connectivity index (χ0v) is 16.7. The highest BCUT2D eigenvalue weighted by molar-refractivity contribution is 7.86. The zero-order valence-electron chi connectivity index (χ0n) is 15.9. The molecule has 0 fully saturated rings. The summed E-state index contributed by atoms with van der Waals surface area (Å²) in [7, 11) is 0.360. The second-order valence-electron chi connectivity index (χ2n) is 7.21. The summed E-state index contributed by atoms with van der Waals surface area (Å²) in [5.41, 5.74) is 3.70.